The van der Waals surface area contributed by atoms with Gasteiger partial charge in [-0.15, -0.1) is 0 Å². The van der Waals surface area contributed by atoms with E-state index in [1.165, 1.54) is 6.07 Å². The number of rotatable bonds is 5. The Morgan fingerprint density at radius 2 is 1.74 bits per heavy atom. The van der Waals surface area contributed by atoms with Gasteiger partial charge in [-0.2, -0.15) is 13.2 Å². The van der Waals surface area contributed by atoms with Crippen LogP contribution in [0.3, 0.4) is 0 Å². The molecule has 1 aliphatic heterocycles. The number of hydrogen-bond donors (Lipinski definition) is 1. The van der Waals surface area contributed by atoms with Crippen molar-refractivity contribution in [2.24, 2.45) is 0 Å². The largest absolute Gasteiger partial charge is 0.433 e. The molecule has 3 aromatic rings. The van der Waals surface area contributed by atoms with Crippen LogP contribution in [0.4, 0.5) is 13.2 Å². The number of carbonyl (C=O) groups excluding carboxylic acids is 1. The van der Waals surface area contributed by atoms with Gasteiger partial charge in [0, 0.05) is 17.0 Å². The molecular weight excluding hydrogens is 451 g/mol. The Kier molecular flexibility index (Phi) is 6.30. The SMILES string of the molecule is CC1CCCN1C1(C(NC(=O)c2cc(C(F)(F)F)nc3ccccc23)c2ccccc2)CCCC1. The second kappa shape index (κ2) is 9.26. The molecule has 1 N–H and O–H groups in total. The molecule has 184 valence electrons. The third kappa shape index (κ3) is 4.42. The molecule has 2 atom stereocenters. The van der Waals surface area contributed by atoms with Crippen molar-refractivity contribution in [1.82, 2.24) is 15.2 Å². The van der Waals surface area contributed by atoms with E-state index in [9.17, 15) is 18.0 Å². The first-order chi connectivity index (χ1) is 16.8. The van der Waals surface area contributed by atoms with E-state index in [0.717, 1.165) is 56.7 Å². The third-order valence-electron chi connectivity index (χ3n) is 7.79. The highest BCUT2D eigenvalue weighted by Gasteiger charge is 2.50. The molecule has 5 rings (SSSR count). The van der Waals surface area contributed by atoms with Gasteiger partial charge in [-0.05, 0) is 56.8 Å². The van der Waals surface area contributed by atoms with Crippen LogP contribution in [0.1, 0.15) is 73.1 Å². The zero-order valence-electron chi connectivity index (χ0n) is 19.8. The number of alkyl halides is 3. The van der Waals surface area contributed by atoms with E-state index < -0.39 is 17.8 Å². The quantitative estimate of drug-likeness (QED) is 0.451. The number of pyridine rings is 1. The molecule has 0 radical (unpaired) electrons. The number of likely N-dealkylation sites (tertiary alicyclic amines) is 1. The van der Waals surface area contributed by atoms with Gasteiger partial charge in [-0.1, -0.05) is 61.4 Å². The van der Waals surface area contributed by atoms with Crippen molar-refractivity contribution in [3.05, 3.63) is 77.5 Å². The van der Waals surface area contributed by atoms with Crippen LogP contribution in [0.15, 0.2) is 60.7 Å². The molecule has 0 bridgehead atoms. The van der Waals surface area contributed by atoms with Gasteiger partial charge < -0.3 is 5.32 Å². The van der Waals surface area contributed by atoms with Gasteiger partial charge in [0.15, 0.2) is 0 Å². The van der Waals surface area contributed by atoms with Crippen LogP contribution in [0, 0.1) is 0 Å². The fourth-order valence-corrected chi connectivity index (χ4v) is 6.21. The molecule has 1 amide bonds. The van der Waals surface area contributed by atoms with Crippen molar-refractivity contribution >= 4 is 16.8 Å². The summed E-state index contributed by atoms with van der Waals surface area (Å²) in [5.74, 6) is -0.499. The van der Waals surface area contributed by atoms with Crippen LogP contribution >= 0.6 is 0 Å². The maximum atomic E-state index is 13.8. The van der Waals surface area contributed by atoms with Gasteiger partial charge in [-0.3, -0.25) is 9.69 Å². The third-order valence-corrected chi connectivity index (χ3v) is 7.79. The molecule has 2 aliphatic rings. The lowest BCUT2D eigenvalue weighted by molar-refractivity contribution is -0.141. The summed E-state index contributed by atoms with van der Waals surface area (Å²) in [7, 11) is 0. The van der Waals surface area contributed by atoms with E-state index in [2.05, 4.69) is 22.1 Å². The number of aromatic nitrogens is 1. The minimum absolute atomic E-state index is 0.00599. The zero-order chi connectivity index (χ0) is 24.6. The molecular formula is C28H30F3N3O. The van der Waals surface area contributed by atoms with Crippen LogP contribution in [-0.2, 0) is 6.18 Å². The molecule has 2 aromatic carbocycles. The van der Waals surface area contributed by atoms with Crippen molar-refractivity contribution in [2.75, 3.05) is 6.54 Å². The molecule has 1 saturated heterocycles. The number of nitrogens with zero attached hydrogens (tertiary/aromatic N) is 2. The van der Waals surface area contributed by atoms with Crippen LogP contribution in [0.25, 0.3) is 10.9 Å². The molecule has 1 aromatic heterocycles. The maximum Gasteiger partial charge on any atom is 0.433 e. The van der Waals surface area contributed by atoms with Gasteiger partial charge in [0.2, 0.25) is 0 Å². The summed E-state index contributed by atoms with van der Waals surface area (Å²) >= 11 is 0. The number of benzene rings is 2. The lowest BCUT2D eigenvalue weighted by atomic mass is 9.81. The van der Waals surface area contributed by atoms with E-state index in [0.29, 0.717) is 11.4 Å². The Balaban J connectivity index is 1.60. The number of fused-ring (bicyclic) bond motifs is 1. The van der Waals surface area contributed by atoms with Gasteiger partial charge in [-0.25, -0.2) is 4.98 Å². The summed E-state index contributed by atoms with van der Waals surface area (Å²) in [5, 5.41) is 3.64. The summed E-state index contributed by atoms with van der Waals surface area (Å²) in [6, 6.07) is 17.3. The lowest BCUT2D eigenvalue weighted by Crippen LogP contribution is -2.57. The number of hydrogen-bond acceptors (Lipinski definition) is 3. The van der Waals surface area contributed by atoms with Crippen molar-refractivity contribution in [3.63, 3.8) is 0 Å². The monoisotopic (exact) mass is 481 g/mol. The fourth-order valence-electron chi connectivity index (χ4n) is 6.21. The summed E-state index contributed by atoms with van der Waals surface area (Å²) in [6.45, 7) is 3.21. The van der Waals surface area contributed by atoms with Crippen LogP contribution in [0.5, 0.6) is 0 Å². The molecule has 2 fully saturated rings. The molecule has 2 heterocycles. The number of halogens is 3. The van der Waals surface area contributed by atoms with Crippen molar-refractivity contribution in [3.8, 4) is 0 Å². The Morgan fingerprint density at radius 1 is 1.06 bits per heavy atom. The van der Waals surface area contributed by atoms with Crippen LogP contribution in [0.2, 0.25) is 0 Å². The van der Waals surface area contributed by atoms with E-state index in [1.54, 1.807) is 18.2 Å². The molecule has 2 unspecified atom stereocenters. The molecule has 4 nitrogen and oxygen atoms in total. The number of nitrogens with one attached hydrogen (secondary N) is 1. The van der Waals surface area contributed by atoms with Gasteiger partial charge in [0.05, 0.1) is 17.1 Å². The Morgan fingerprint density at radius 3 is 2.40 bits per heavy atom. The normalized spacial score (nSPS) is 21.3. The molecule has 0 spiro atoms. The minimum Gasteiger partial charge on any atom is -0.343 e. The van der Waals surface area contributed by atoms with Gasteiger partial charge in [0.1, 0.15) is 5.69 Å². The molecule has 1 aliphatic carbocycles. The summed E-state index contributed by atoms with van der Waals surface area (Å²) < 4.78 is 40.9. The van der Waals surface area contributed by atoms with Gasteiger partial charge in [0.25, 0.3) is 5.91 Å². The maximum absolute atomic E-state index is 13.8. The molecule has 35 heavy (non-hydrogen) atoms. The van der Waals surface area contributed by atoms with E-state index in [-0.39, 0.29) is 22.7 Å². The number of carbonyl (C=O) groups is 1. The lowest BCUT2D eigenvalue weighted by Gasteiger charge is -2.47. The van der Waals surface area contributed by atoms with Crippen molar-refractivity contribution in [1.29, 1.82) is 0 Å². The average Bonchev–Trinajstić information content (AvgIpc) is 3.51. The van der Waals surface area contributed by atoms with E-state index in [4.69, 9.17) is 0 Å². The topological polar surface area (TPSA) is 45.2 Å². The summed E-state index contributed by atoms with van der Waals surface area (Å²) in [5.41, 5.74) is -0.167. The first kappa shape index (κ1) is 23.8. The van der Waals surface area contributed by atoms with Crippen LogP contribution < -0.4 is 5.32 Å². The Labute approximate surface area is 203 Å². The Bertz CT molecular complexity index is 1210. The highest BCUT2D eigenvalue weighted by Crippen LogP contribution is 2.47. The zero-order valence-corrected chi connectivity index (χ0v) is 19.8. The Hall–Kier alpha value is -2.93. The van der Waals surface area contributed by atoms with Crippen molar-refractivity contribution < 1.29 is 18.0 Å². The predicted molar refractivity (Wildman–Crippen MR) is 130 cm³/mol. The first-order valence-corrected chi connectivity index (χ1v) is 12.4. The first-order valence-electron chi connectivity index (χ1n) is 12.4. The van der Waals surface area contributed by atoms with Crippen LogP contribution in [-0.4, -0.2) is 33.9 Å². The number of para-hydroxylation sites is 1. The minimum atomic E-state index is -4.64. The second-order valence-corrected chi connectivity index (χ2v) is 9.88. The smallest absolute Gasteiger partial charge is 0.343 e. The van der Waals surface area contributed by atoms with E-state index >= 15 is 0 Å². The summed E-state index contributed by atoms with van der Waals surface area (Å²) in [6.07, 6.45) is 1.61. The second-order valence-electron chi connectivity index (χ2n) is 9.88. The standard InChI is InChI=1S/C28H30F3N3O/c1-19-10-9-17-34(19)27(15-7-8-16-27)25(20-11-3-2-4-12-20)33-26(35)22-18-24(28(29,30)31)32-23-14-6-5-13-21(22)23/h2-6,11-14,18-19,25H,7-10,15-17H2,1H3,(H,33,35). The average molecular weight is 482 g/mol. The fraction of sp³-hybridized carbons (Fsp3) is 0.429. The highest BCUT2D eigenvalue weighted by molar-refractivity contribution is 6.06. The molecule has 7 heteroatoms. The predicted octanol–water partition coefficient (Wildman–Crippen LogP) is 6.52. The molecule has 1 saturated carbocycles. The highest BCUT2D eigenvalue weighted by atomic mass is 19.4. The van der Waals surface area contributed by atoms with E-state index in [1.807, 2.05) is 30.3 Å². The van der Waals surface area contributed by atoms with Crippen molar-refractivity contribution in [2.45, 2.75) is 69.2 Å². The summed E-state index contributed by atoms with van der Waals surface area (Å²) in [4.78, 5) is 20.1. The van der Waals surface area contributed by atoms with Gasteiger partial charge >= 0.3 is 6.18 Å². The number of amides is 1.